The van der Waals surface area contributed by atoms with Crippen molar-refractivity contribution in [1.82, 2.24) is 9.88 Å². The van der Waals surface area contributed by atoms with E-state index in [9.17, 15) is 4.79 Å². The zero-order valence-electron chi connectivity index (χ0n) is 18.3. The second-order valence-corrected chi connectivity index (χ2v) is 8.91. The number of anilines is 1. The Hall–Kier alpha value is -3.25. The van der Waals surface area contributed by atoms with Crippen LogP contribution in [0.1, 0.15) is 36.8 Å². The minimum Gasteiger partial charge on any atom is -0.454 e. The van der Waals surface area contributed by atoms with Crippen LogP contribution in [0.4, 0.5) is 5.69 Å². The summed E-state index contributed by atoms with van der Waals surface area (Å²) in [6, 6.07) is 12.5. The standard InChI is InChI=1S/C26H27N3O3/c1-17(30)29-15-19(20-4-2-3-5-24(20)29)8-11-28-9-6-18(7-10-28)22-14-27-23-13-26-25(12-21(22)23)31-16-32-26/h2-6,12-14,19,27H,7-11,15-16H2,1H3. The molecule has 6 heteroatoms. The maximum atomic E-state index is 12.1. The van der Waals surface area contributed by atoms with Crippen molar-refractivity contribution >= 4 is 28.1 Å². The van der Waals surface area contributed by atoms with E-state index in [0.717, 1.165) is 61.7 Å². The average Bonchev–Trinajstić information content (AvgIpc) is 3.53. The van der Waals surface area contributed by atoms with Crippen LogP contribution in [0.2, 0.25) is 0 Å². The Bertz CT molecular complexity index is 1230. The molecule has 0 fully saturated rings. The number of para-hydroxylation sites is 1. The second-order valence-electron chi connectivity index (χ2n) is 8.91. The molecule has 6 nitrogen and oxygen atoms in total. The van der Waals surface area contributed by atoms with E-state index >= 15 is 0 Å². The molecular weight excluding hydrogens is 402 g/mol. The zero-order valence-corrected chi connectivity index (χ0v) is 18.3. The fourth-order valence-corrected chi connectivity index (χ4v) is 5.32. The minimum atomic E-state index is 0.131. The average molecular weight is 430 g/mol. The smallest absolute Gasteiger partial charge is 0.231 e. The van der Waals surface area contributed by atoms with Crippen molar-refractivity contribution in [1.29, 1.82) is 0 Å². The van der Waals surface area contributed by atoms with E-state index in [4.69, 9.17) is 9.47 Å². The van der Waals surface area contributed by atoms with Crippen LogP contribution in [-0.2, 0) is 4.79 Å². The molecule has 1 unspecified atom stereocenters. The molecule has 1 atom stereocenters. The molecule has 1 N–H and O–H groups in total. The number of carbonyl (C=O) groups excluding carboxylic acids is 1. The molecule has 0 saturated heterocycles. The van der Waals surface area contributed by atoms with Crippen molar-refractivity contribution in [3.63, 3.8) is 0 Å². The lowest BCUT2D eigenvalue weighted by Crippen LogP contribution is -2.31. The number of aromatic nitrogens is 1. The second kappa shape index (κ2) is 7.71. The van der Waals surface area contributed by atoms with Crippen molar-refractivity contribution in [3.05, 3.63) is 59.8 Å². The highest BCUT2D eigenvalue weighted by atomic mass is 16.7. The highest BCUT2D eigenvalue weighted by Gasteiger charge is 2.30. The molecule has 3 aliphatic heterocycles. The van der Waals surface area contributed by atoms with E-state index in [1.807, 2.05) is 17.0 Å². The molecule has 3 aliphatic rings. The van der Waals surface area contributed by atoms with Gasteiger partial charge in [-0.25, -0.2) is 0 Å². The Morgan fingerprint density at radius 2 is 2.03 bits per heavy atom. The molecule has 164 valence electrons. The molecule has 2 aromatic carbocycles. The third-order valence-electron chi connectivity index (χ3n) is 7.06. The third-order valence-corrected chi connectivity index (χ3v) is 7.06. The third kappa shape index (κ3) is 3.26. The number of hydrogen-bond donors (Lipinski definition) is 1. The minimum absolute atomic E-state index is 0.131. The maximum absolute atomic E-state index is 12.1. The van der Waals surface area contributed by atoms with Gasteiger partial charge in [0.15, 0.2) is 11.5 Å². The number of ether oxygens (including phenoxy) is 2. The molecule has 0 bridgehead atoms. The molecular formula is C26H27N3O3. The van der Waals surface area contributed by atoms with Gasteiger partial charge in [-0.2, -0.15) is 0 Å². The summed E-state index contributed by atoms with van der Waals surface area (Å²) >= 11 is 0. The van der Waals surface area contributed by atoms with E-state index in [0.29, 0.717) is 12.7 Å². The molecule has 0 aliphatic carbocycles. The van der Waals surface area contributed by atoms with Gasteiger partial charge >= 0.3 is 0 Å². The van der Waals surface area contributed by atoms with Crippen LogP contribution in [0.3, 0.4) is 0 Å². The summed E-state index contributed by atoms with van der Waals surface area (Å²) in [5.41, 5.74) is 6.14. The Labute approximate surface area is 187 Å². The van der Waals surface area contributed by atoms with Crippen LogP contribution >= 0.6 is 0 Å². The highest BCUT2D eigenvalue weighted by Crippen LogP contribution is 2.40. The van der Waals surface area contributed by atoms with E-state index in [1.54, 1.807) is 6.92 Å². The molecule has 0 radical (unpaired) electrons. The van der Waals surface area contributed by atoms with Crippen molar-refractivity contribution in [3.8, 4) is 11.5 Å². The summed E-state index contributed by atoms with van der Waals surface area (Å²) in [4.78, 5) is 19.9. The number of nitrogens with zero attached hydrogens (tertiary/aromatic N) is 2. The zero-order chi connectivity index (χ0) is 21.7. The summed E-state index contributed by atoms with van der Waals surface area (Å²) in [7, 11) is 0. The number of H-pyrrole nitrogens is 1. The van der Waals surface area contributed by atoms with Gasteiger partial charge < -0.3 is 19.4 Å². The Balaban J connectivity index is 1.13. The number of aromatic amines is 1. The van der Waals surface area contributed by atoms with Gasteiger partial charge in [0.25, 0.3) is 0 Å². The first kappa shape index (κ1) is 19.4. The first-order valence-electron chi connectivity index (χ1n) is 11.4. The predicted molar refractivity (Wildman–Crippen MR) is 125 cm³/mol. The molecule has 6 rings (SSSR count). The molecule has 1 aromatic heterocycles. The normalized spacial score (nSPS) is 20.0. The number of rotatable bonds is 4. The number of fused-ring (bicyclic) bond motifs is 3. The Kier molecular flexibility index (Phi) is 4.68. The molecule has 32 heavy (non-hydrogen) atoms. The van der Waals surface area contributed by atoms with Crippen molar-refractivity contribution < 1.29 is 14.3 Å². The van der Waals surface area contributed by atoms with Gasteiger partial charge in [-0.1, -0.05) is 24.3 Å². The summed E-state index contributed by atoms with van der Waals surface area (Å²) in [5, 5.41) is 1.20. The van der Waals surface area contributed by atoms with E-state index < -0.39 is 0 Å². The first-order valence-corrected chi connectivity index (χ1v) is 11.4. The summed E-state index contributed by atoms with van der Waals surface area (Å²) in [6.07, 6.45) is 6.57. The topological polar surface area (TPSA) is 57.8 Å². The number of benzene rings is 2. The van der Waals surface area contributed by atoms with Gasteiger partial charge in [-0.05, 0) is 42.7 Å². The Morgan fingerprint density at radius 3 is 2.84 bits per heavy atom. The predicted octanol–water partition coefficient (Wildman–Crippen LogP) is 4.53. The van der Waals surface area contributed by atoms with Gasteiger partial charge in [-0.3, -0.25) is 9.69 Å². The monoisotopic (exact) mass is 429 g/mol. The van der Waals surface area contributed by atoms with E-state index in [2.05, 4.69) is 46.4 Å². The van der Waals surface area contributed by atoms with Gasteiger partial charge in [0.05, 0.1) is 0 Å². The quantitative estimate of drug-likeness (QED) is 0.662. The lowest BCUT2D eigenvalue weighted by molar-refractivity contribution is -0.116. The van der Waals surface area contributed by atoms with E-state index in [-0.39, 0.29) is 5.91 Å². The molecule has 0 spiro atoms. The number of hydrogen-bond acceptors (Lipinski definition) is 4. The fraction of sp³-hybridized carbons (Fsp3) is 0.346. The SMILES string of the molecule is CC(=O)N1CC(CCN2CC=C(c3c[nH]c4cc5c(cc34)OCO5)CC2)c2ccccc21. The summed E-state index contributed by atoms with van der Waals surface area (Å²) in [5.74, 6) is 2.18. The first-order chi connectivity index (χ1) is 15.7. The number of amides is 1. The summed E-state index contributed by atoms with van der Waals surface area (Å²) in [6.45, 7) is 5.81. The van der Waals surface area contributed by atoms with Crippen LogP contribution in [-0.4, -0.2) is 48.8 Å². The largest absolute Gasteiger partial charge is 0.454 e. The van der Waals surface area contributed by atoms with Crippen LogP contribution in [0.15, 0.2) is 48.7 Å². The molecule has 0 saturated carbocycles. The van der Waals surface area contributed by atoms with Crippen LogP contribution in [0.5, 0.6) is 11.5 Å². The van der Waals surface area contributed by atoms with Crippen molar-refractivity contribution in [2.45, 2.75) is 25.7 Å². The molecule has 4 heterocycles. The summed E-state index contributed by atoms with van der Waals surface area (Å²) < 4.78 is 11.1. The fourth-order valence-electron chi connectivity index (χ4n) is 5.32. The lowest BCUT2D eigenvalue weighted by atomic mass is 9.96. The van der Waals surface area contributed by atoms with Gasteiger partial charge in [0.2, 0.25) is 12.7 Å². The lowest BCUT2D eigenvalue weighted by Gasteiger charge is -2.27. The van der Waals surface area contributed by atoms with Gasteiger partial charge in [0, 0.05) is 66.9 Å². The van der Waals surface area contributed by atoms with Crippen molar-refractivity contribution in [2.75, 3.05) is 37.9 Å². The Morgan fingerprint density at radius 1 is 1.19 bits per heavy atom. The van der Waals surface area contributed by atoms with Crippen LogP contribution in [0, 0.1) is 0 Å². The van der Waals surface area contributed by atoms with E-state index in [1.165, 1.54) is 22.1 Å². The molecule has 3 aromatic rings. The van der Waals surface area contributed by atoms with Gasteiger partial charge in [0.1, 0.15) is 0 Å². The maximum Gasteiger partial charge on any atom is 0.231 e. The van der Waals surface area contributed by atoms with Crippen molar-refractivity contribution in [2.24, 2.45) is 0 Å². The number of carbonyl (C=O) groups is 1. The highest BCUT2D eigenvalue weighted by molar-refractivity contribution is 5.95. The van der Waals surface area contributed by atoms with Crippen LogP contribution in [0.25, 0.3) is 16.5 Å². The van der Waals surface area contributed by atoms with Gasteiger partial charge in [-0.15, -0.1) is 0 Å². The van der Waals surface area contributed by atoms with Crippen LogP contribution < -0.4 is 14.4 Å². The number of nitrogens with one attached hydrogen (secondary N) is 1. The molecule has 1 amide bonds.